The molecule has 2 rings (SSSR count). The molecule has 0 fully saturated rings. The number of amides is 1. The van der Waals surface area contributed by atoms with Crippen LogP contribution in [0.25, 0.3) is 0 Å². The lowest BCUT2D eigenvalue weighted by Gasteiger charge is -2.06. The molecule has 1 amide bonds. The molecule has 2 aromatic rings. The molecule has 0 spiro atoms. The summed E-state index contributed by atoms with van der Waals surface area (Å²) in [5.74, 6) is -1.09. The zero-order valence-electron chi connectivity index (χ0n) is 8.08. The molecule has 0 radical (unpaired) electrons. The maximum atomic E-state index is 13.4. The zero-order chi connectivity index (χ0) is 12.4. The number of hydrogen-bond donors (Lipinski definition) is 1. The third-order valence-electron chi connectivity index (χ3n) is 1.80. The largest absolute Gasteiger partial charge is 0.316 e. The summed E-state index contributed by atoms with van der Waals surface area (Å²) in [4.78, 5) is 11.7. The summed E-state index contributed by atoms with van der Waals surface area (Å²) in [6.45, 7) is 0. The SMILES string of the molecule is O=C(Nc1c(F)cccc1Br)c1nnc(Cl)s1. The van der Waals surface area contributed by atoms with Crippen LogP contribution < -0.4 is 5.32 Å². The van der Waals surface area contributed by atoms with Crippen molar-refractivity contribution in [2.75, 3.05) is 5.32 Å². The number of nitrogens with zero attached hydrogens (tertiary/aromatic N) is 2. The van der Waals surface area contributed by atoms with E-state index in [0.29, 0.717) is 4.47 Å². The molecule has 0 aliphatic heterocycles. The molecule has 1 N–H and O–H groups in total. The number of rotatable bonds is 2. The molecule has 0 aliphatic carbocycles. The van der Waals surface area contributed by atoms with E-state index in [4.69, 9.17) is 11.6 Å². The predicted octanol–water partition coefficient (Wildman–Crippen LogP) is 3.35. The van der Waals surface area contributed by atoms with E-state index in [2.05, 4.69) is 31.4 Å². The summed E-state index contributed by atoms with van der Waals surface area (Å²) < 4.78 is 14.0. The molecule has 1 heterocycles. The van der Waals surface area contributed by atoms with E-state index in [1.54, 1.807) is 6.07 Å². The Kier molecular flexibility index (Phi) is 3.70. The Hall–Kier alpha value is -1.05. The van der Waals surface area contributed by atoms with Gasteiger partial charge in [-0.25, -0.2) is 4.39 Å². The van der Waals surface area contributed by atoms with Crippen LogP contribution >= 0.6 is 38.9 Å². The number of carbonyl (C=O) groups is 1. The first-order valence-corrected chi connectivity index (χ1v) is 6.31. The van der Waals surface area contributed by atoms with Crippen molar-refractivity contribution < 1.29 is 9.18 Å². The number of carbonyl (C=O) groups excluding carboxylic acids is 1. The number of benzene rings is 1. The Bertz CT molecular complexity index is 557. The van der Waals surface area contributed by atoms with Crippen molar-refractivity contribution in [2.24, 2.45) is 0 Å². The zero-order valence-corrected chi connectivity index (χ0v) is 11.2. The molecule has 4 nitrogen and oxygen atoms in total. The Balaban J connectivity index is 2.24. The molecule has 0 aliphatic rings. The van der Waals surface area contributed by atoms with Crippen LogP contribution in [0, 0.1) is 5.82 Å². The summed E-state index contributed by atoms with van der Waals surface area (Å²) in [5.41, 5.74) is 0.0591. The first kappa shape index (κ1) is 12.4. The number of hydrogen-bond acceptors (Lipinski definition) is 4. The topological polar surface area (TPSA) is 54.9 Å². The summed E-state index contributed by atoms with van der Waals surface area (Å²) in [7, 11) is 0. The maximum Gasteiger partial charge on any atom is 0.286 e. The van der Waals surface area contributed by atoms with Crippen molar-refractivity contribution in [1.82, 2.24) is 10.2 Å². The first-order valence-electron chi connectivity index (χ1n) is 4.32. The van der Waals surface area contributed by atoms with Crippen LogP contribution in [0.15, 0.2) is 22.7 Å². The van der Waals surface area contributed by atoms with Crippen molar-refractivity contribution >= 4 is 50.5 Å². The van der Waals surface area contributed by atoms with Gasteiger partial charge in [0.2, 0.25) is 9.47 Å². The van der Waals surface area contributed by atoms with Crippen molar-refractivity contribution in [2.45, 2.75) is 0 Å². The average molecular weight is 337 g/mol. The molecular formula is C9H4BrClFN3OS. The first-order chi connectivity index (χ1) is 8.08. The Morgan fingerprint density at radius 2 is 2.24 bits per heavy atom. The van der Waals surface area contributed by atoms with Crippen LogP contribution in [-0.4, -0.2) is 16.1 Å². The molecule has 17 heavy (non-hydrogen) atoms. The van der Waals surface area contributed by atoms with Gasteiger partial charge in [0, 0.05) is 4.47 Å². The summed E-state index contributed by atoms with van der Waals surface area (Å²) in [5, 5.41) is 9.52. The highest BCUT2D eigenvalue weighted by Crippen LogP contribution is 2.26. The second kappa shape index (κ2) is 5.07. The minimum atomic E-state index is -0.555. The predicted molar refractivity (Wildman–Crippen MR) is 67.0 cm³/mol. The van der Waals surface area contributed by atoms with Crippen LogP contribution in [0.2, 0.25) is 4.47 Å². The number of para-hydroxylation sites is 1. The van der Waals surface area contributed by atoms with E-state index in [9.17, 15) is 9.18 Å². The third kappa shape index (κ3) is 2.80. The van der Waals surface area contributed by atoms with E-state index >= 15 is 0 Å². The van der Waals surface area contributed by atoms with Crippen molar-refractivity contribution in [3.63, 3.8) is 0 Å². The van der Waals surface area contributed by atoms with Gasteiger partial charge in [0.15, 0.2) is 0 Å². The molecule has 8 heteroatoms. The van der Waals surface area contributed by atoms with Crippen LogP contribution in [0.4, 0.5) is 10.1 Å². The highest BCUT2D eigenvalue weighted by molar-refractivity contribution is 9.10. The van der Waals surface area contributed by atoms with Crippen LogP contribution in [0.5, 0.6) is 0 Å². The second-order valence-corrected chi connectivity index (χ2v) is 5.32. The van der Waals surface area contributed by atoms with Gasteiger partial charge in [0.1, 0.15) is 5.82 Å². The van der Waals surface area contributed by atoms with Crippen LogP contribution in [-0.2, 0) is 0 Å². The van der Waals surface area contributed by atoms with E-state index in [1.165, 1.54) is 12.1 Å². The highest BCUT2D eigenvalue weighted by atomic mass is 79.9. The van der Waals surface area contributed by atoms with Crippen molar-refractivity contribution in [3.8, 4) is 0 Å². The van der Waals surface area contributed by atoms with E-state index in [0.717, 1.165) is 11.3 Å². The summed E-state index contributed by atoms with van der Waals surface area (Å²) >= 11 is 9.61. The molecule has 1 aromatic carbocycles. The highest BCUT2D eigenvalue weighted by Gasteiger charge is 2.15. The number of anilines is 1. The van der Waals surface area contributed by atoms with Gasteiger partial charge in [0.05, 0.1) is 5.69 Å². The average Bonchev–Trinajstić information content (AvgIpc) is 2.70. The molecule has 0 bridgehead atoms. The Morgan fingerprint density at radius 1 is 1.47 bits per heavy atom. The van der Waals surface area contributed by atoms with Gasteiger partial charge in [-0.1, -0.05) is 17.4 Å². The maximum absolute atomic E-state index is 13.4. The minimum absolute atomic E-state index is 0.0591. The van der Waals surface area contributed by atoms with Gasteiger partial charge in [-0.15, -0.1) is 10.2 Å². The quantitative estimate of drug-likeness (QED) is 0.915. The van der Waals surface area contributed by atoms with Crippen LogP contribution in [0.3, 0.4) is 0 Å². The van der Waals surface area contributed by atoms with Gasteiger partial charge in [-0.2, -0.15) is 0 Å². The van der Waals surface area contributed by atoms with Crippen molar-refractivity contribution in [3.05, 3.63) is 38.0 Å². The molecule has 0 atom stereocenters. The summed E-state index contributed by atoms with van der Waals surface area (Å²) in [6.07, 6.45) is 0. The van der Waals surface area contributed by atoms with E-state index in [-0.39, 0.29) is 15.2 Å². The normalized spacial score (nSPS) is 10.3. The smallest absolute Gasteiger partial charge is 0.286 e. The molecule has 88 valence electrons. The number of halogens is 3. The summed E-state index contributed by atoms with van der Waals surface area (Å²) in [6, 6.07) is 4.39. The van der Waals surface area contributed by atoms with E-state index < -0.39 is 11.7 Å². The number of nitrogens with one attached hydrogen (secondary N) is 1. The van der Waals surface area contributed by atoms with Crippen LogP contribution in [0.1, 0.15) is 9.80 Å². The lowest BCUT2D eigenvalue weighted by atomic mass is 10.3. The van der Waals surface area contributed by atoms with Crippen molar-refractivity contribution in [1.29, 1.82) is 0 Å². The molecule has 1 aromatic heterocycles. The molecule has 0 saturated heterocycles. The molecule has 0 unspecified atom stereocenters. The van der Waals surface area contributed by atoms with Gasteiger partial charge < -0.3 is 5.32 Å². The van der Waals surface area contributed by atoms with E-state index in [1.807, 2.05) is 0 Å². The molecular weight excluding hydrogens is 333 g/mol. The second-order valence-electron chi connectivity index (χ2n) is 2.91. The number of aromatic nitrogens is 2. The lowest BCUT2D eigenvalue weighted by Crippen LogP contribution is -2.13. The lowest BCUT2D eigenvalue weighted by molar-refractivity contribution is 0.102. The third-order valence-corrected chi connectivity index (χ3v) is 3.47. The fraction of sp³-hybridized carbons (Fsp3) is 0. The van der Waals surface area contributed by atoms with Gasteiger partial charge in [-0.05, 0) is 39.7 Å². The molecule has 0 saturated carbocycles. The van der Waals surface area contributed by atoms with Gasteiger partial charge >= 0.3 is 0 Å². The monoisotopic (exact) mass is 335 g/mol. The fourth-order valence-electron chi connectivity index (χ4n) is 1.08. The minimum Gasteiger partial charge on any atom is -0.316 e. The fourth-order valence-corrected chi connectivity index (χ4v) is 2.25. The van der Waals surface area contributed by atoms with Gasteiger partial charge in [0.25, 0.3) is 5.91 Å². The Labute approximate surface area is 113 Å². The van der Waals surface area contributed by atoms with Gasteiger partial charge in [-0.3, -0.25) is 4.79 Å². The Morgan fingerprint density at radius 3 is 2.82 bits per heavy atom. The standard InChI is InChI=1S/C9H4BrClFN3OS/c10-4-2-1-3-5(12)6(4)13-7(16)8-14-15-9(11)17-8/h1-3H,(H,13,16).